The number of amides is 1. The number of alkyl halides is 3. The molecule has 2 aromatic carbocycles. The maximum Gasteiger partial charge on any atom is 0.416 e. The predicted molar refractivity (Wildman–Crippen MR) is 96.9 cm³/mol. The van der Waals surface area contributed by atoms with E-state index in [1.165, 1.54) is 29.0 Å². The first-order chi connectivity index (χ1) is 13.8. The van der Waals surface area contributed by atoms with Crippen LogP contribution in [0.3, 0.4) is 0 Å². The zero-order chi connectivity index (χ0) is 21.0. The number of benzene rings is 2. The Bertz CT molecular complexity index is 1130. The third-order valence-electron chi connectivity index (χ3n) is 3.94. The lowest BCUT2D eigenvalue weighted by Gasteiger charge is -2.11. The molecule has 9 heteroatoms. The summed E-state index contributed by atoms with van der Waals surface area (Å²) in [6.07, 6.45) is -1.71. The molecule has 3 rings (SSSR count). The molecule has 1 N–H and O–H groups in total. The summed E-state index contributed by atoms with van der Waals surface area (Å²) in [7, 11) is 0. The molecule has 29 heavy (non-hydrogen) atoms. The van der Waals surface area contributed by atoms with Crippen molar-refractivity contribution in [3.63, 3.8) is 0 Å². The lowest BCUT2D eigenvalue weighted by Crippen LogP contribution is -2.19. The van der Waals surface area contributed by atoms with E-state index in [2.05, 4.69) is 10.5 Å². The summed E-state index contributed by atoms with van der Waals surface area (Å²) in [6, 6.07) is 13.1. The van der Waals surface area contributed by atoms with Crippen molar-refractivity contribution in [2.24, 2.45) is 5.10 Å². The maximum atomic E-state index is 13.8. The van der Waals surface area contributed by atoms with E-state index in [-0.39, 0.29) is 16.8 Å². The van der Waals surface area contributed by atoms with Crippen molar-refractivity contribution in [1.82, 2.24) is 9.99 Å². The fourth-order valence-electron chi connectivity index (χ4n) is 2.55. The highest BCUT2D eigenvalue weighted by Gasteiger charge is 2.30. The quantitative estimate of drug-likeness (QED) is 0.404. The molecule has 0 spiro atoms. The summed E-state index contributed by atoms with van der Waals surface area (Å²) in [5.74, 6) is -1.70. The average molecular weight is 400 g/mol. The zero-order valence-electron chi connectivity index (χ0n) is 14.6. The van der Waals surface area contributed by atoms with Gasteiger partial charge in [-0.1, -0.05) is 6.07 Å². The fourth-order valence-corrected chi connectivity index (χ4v) is 2.55. The highest BCUT2D eigenvalue weighted by molar-refractivity contribution is 5.95. The van der Waals surface area contributed by atoms with Crippen LogP contribution >= 0.6 is 0 Å². The van der Waals surface area contributed by atoms with E-state index in [0.717, 1.165) is 24.3 Å². The van der Waals surface area contributed by atoms with Gasteiger partial charge in [0, 0.05) is 11.9 Å². The minimum Gasteiger partial charge on any atom is -0.316 e. The Hall–Kier alpha value is -3.93. The molecule has 3 aromatic rings. The van der Waals surface area contributed by atoms with Gasteiger partial charge in [-0.2, -0.15) is 23.5 Å². The molecule has 0 unspecified atom stereocenters. The van der Waals surface area contributed by atoms with Gasteiger partial charge in [-0.25, -0.2) is 9.82 Å². The number of nitrogens with zero attached hydrogens (tertiary/aromatic N) is 3. The fraction of sp³-hybridized carbons (Fsp3) is 0.0500. The standard InChI is InChI=1S/C20H12F4N4O/c21-18-9-13(11-25)6-7-17(18)19(29)27-26-12-16-5-2-8-28(16)15-4-1-3-14(10-15)20(22,23)24/h1-10,12H,(H,27,29). The first-order valence-electron chi connectivity index (χ1n) is 8.17. The Morgan fingerprint density at radius 1 is 1.14 bits per heavy atom. The van der Waals surface area contributed by atoms with E-state index >= 15 is 0 Å². The predicted octanol–water partition coefficient (Wildman–Crippen LogP) is 4.27. The highest BCUT2D eigenvalue weighted by Crippen LogP contribution is 2.30. The van der Waals surface area contributed by atoms with Crippen molar-refractivity contribution in [2.45, 2.75) is 6.18 Å². The van der Waals surface area contributed by atoms with Crippen LogP contribution in [0.15, 0.2) is 65.9 Å². The first-order valence-corrected chi connectivity index (χ1v) is 8.17. The largest absolute Gasteiger partial charge is 0.416 e. The molecule has 0 aliphatic rings. The van der Waals surface area contributed by atoms with E-state index in [0.29, 0.717) is 5.69 Å². The van der Waals surface area contributed by atoms with Crippen LogP contribution in [0.1, 0.15) is 27.2 Å². The summed E-state index contributed by atoms with van der Waals surface area (Å²) in [4.78, 5) is 12.0. The molecule has 1 heterocycles. The van der Waals surface area contributed by atoms with Gasteiger partial charge < -0.3 is 4.57 Å². The van der Waals surface area contributed by atoms with Crippen molar-refractivity contribution in [2.75, 3.05) is 0 Å². The molecule has 0 fully saturated rings. The minimum absolute atomic E-state index is 0.0708. The van der Waals surface area contributed by atoms with Crippen LogP contribution in [0, 0.1) is 17.1 Å². The molecule has 0 aliphatic heterocycles. The first kappa shape index (κ1) is 19.8. The summed E-state index contributed by atoms with van der Waals surface area (Å²) < 4.78 is 54.0. The number of nitriles is 1. The van der Waals surface area contributed by atoms with Crippen LogP contribution in [0.2, 0.25) is 0 Å². The van der Waals surface area contributed by atoms with Gasteiger partial charge in [-0.3, -0.25) is 4.79 Å². The number of halogens is 4. The van der Waals surface area contributed by atoms with Crippen molar-refractivity contribution in [3.8, 4) is 11.8 Å². The summed E-state index contributed by atoms with van der Waals surface area (Å²) in [5.41, 5.74) is 1.78. The topological polar surface area (TPSA) is 70.2 Å². The van der Waals surface area contributed by atoms with Crippen LogP contribution < -0.4 is 5.43 Å². The number of aromatic nitrogens is 1. The van der Waals surface area contributed by atoms with Gasteiger partial charge in [0.25, 0.3) is 5.91 Å². The molecule has 0 bridgehead atoms. The second-order valence-corrected chi connectivity index (χ2v) is 5.86. The summed E-state index contributed by atoms with van der Waals surface area (Å²) >= 11 is 0. The number of rotatable bonds is 4. The van der Waals surface area contributed by atoms with Gasteiger partial charge in [0.1, 0.15) is 5.82 Å². The lowest BCUT2D eigenvalue weighted by molar-refractivity contribution is -0.137. The molecule has 146 valence electrons. The van der Waals surface area contributed by atoms with Gasteiger partial charge in [0.05, 0.1) is 34.7 Å². The Morgan fingerprint density at radius 2 is 1.93 bits per heavy atom. The second-order valence-electron chi connectivity index (χ2n) is 5.86. The molecule has 1 aromatic heterocycles. The third-order valence-corrected chi connectivity index (χ3v) is 3.94. The van der Waals surface area contributed by atoms with Crippen LogP contribution in [-0.2, 0) is 6.18 Å². The molecule has 0 saturated carbocycles. The second kappa shape index (κ2) is 7.98. The van der Waals surface area contributed by atoms with Crippen LogP contribution in [0.25, 0.3) is 5.69 Å². The SMILES string of the molecule is N#Cc1ccc(C(=O)NN=Cc2cccn2-c2cccc(C(F)(F)F)c2)c(F)c1. The number of nitrogens with one attached hydrogen (secondary N) is 1. The number of carbonyl (C=O) groups is 1. The Balaban J connectivity index is 1.78. The van der Waals surface area contributed by atoms with E-state index in [9.17, 15) is 22.4 Å². The Kier molecular flexibility index (Phi) is 5.45. The Labute approximate surface area is 162 Å². The number of hydrogen-bond donors (Lipinski definition) is 1. The van der Waals surface area contributed by atoms with Crippen molar-refractivity contribution >= 4 is 12.1 Å². The molecule has 1 amide bonds. The van der Waals surface area contributed by atoms with E-state index < -0.39 is 23.5 Å². The van der Waals surface area contributed by atoms with Gasteiger partial charge in [-0.15, -0.1) is 0 Å². The number of hydrazone groups is 1. The van der Waals surface area contributed by atoms with E-state index in [1.54, 1.807) is 24.4 Å². The van der Waals surface area contributed by atoms with Crippen LogP contribution in [0.4, 0.5) is 17.6 Å². The van der Waals surface area contributed by atoms with Gasteiger partial charge >= 0.3 is 6.18 Å². The number of carbonyl (C=O) groups excluding carboxylic acids is 1. The van der Waals surface area contributed by atoms with Gasteiger partial charge in [-0.05, 0) is 48.5 Å². The molecular formula is C20H12F4N4O. The van der Waals surface area contributed by atoms with Gasteiger partial charge in [0.2, 0.25) is 0 Å². The lowest BCUT2D eigenvalue weighted by atomic mass is 10.1. The normalized spacial score (nSPS) is 11.4. The molecule has 0 aliphatic carbocycles. The van der Waals surface area contributed by atoms with Crippen molar-refractivity contribution < 1.29 is 22.4 Å². The van der Waals surface area contributed by atoms with Crippen LogP contribution in [-0.4, -0.2) is 16.7 Å². The molecule has 0 saturated heterocycles. The smallest absolute Gasteiger partial charge is 0.316 e. The van der Waals surface area contributed by atoms with Crippen molar-refractivity contribution in [3.05, 3.63) is 89.0 Å². The monoisotopic (exact) mass is 400 g/mol. The maximum absolute atomic E-state index is 13.8. The van der Waals surface area contributed by atoms with Crippen LogP contribution in [0.5, 0.6) is 0 Å². The summed E-state index contributed by atoms with van der Waals surface area (Å²) in [5, 5.41) is 12.4. The minimum atomic E-state index is -4.48. The van der Waals surface area contributed by atoms with Crippen molar-refractivity contribution in [1.29, 1.82) is 5.26 Å². The highest BCUT2D eigenvalue weighted by atomic mass is 19.4. The van der Waals surface area contributed by atoms with E-state index in [1.807, 2.05) is 0 Å². The molecular weight excluding hydrogens is 388 g/mol. The average Bonchev–Trinajstić information content (AvgIpc) is 3.15. The van der Waals surface area contributed by atoms with E-state index in [4.69, 9.17) is 5.26 Å². The third kappa shape index (κ3) is 4.50. The molecule has 0 atom stereocenters. The number of hydrogen-bond acceptors (Lipinski definition) is 3. The molecule has 5 nitrogen and oxygen atoms in total. The Morgan fingerprint density at radius 3 is 2.62 bits per heavy atom. The molecule has 0 radical (unpaired) electrons. The zero-order valence-corrected chi connectivity index (χ0v) is 14.6. The summed E-state index contributed by atoms with van der Waals surface area (Å²) in [6.45, 7) is 0. The van der Waals surface area contributed by atoms with Gasteiger partial charge in [0.15, 0.2) is 0 Å².